The molecule has 0 atom stereocenters. The van der Waals surface area contributed by atoms with Crippen LogP contribution in [0.2, 0.25) is 0 Å². The molecular formula is C20H17F2N3O. The molecular weight excluding hydrogens is 336 g/mol. The maximum absolute atomic E-state index is 14.0. The van der Waals surface area contributed by atoms with E-state index in [4.69, 9.17) is 0 Å². The van der Waals surface area contributed by atoms with Gasteiger partial charge < -0.3 is 10.2 Å². The molecule has 0 fully saturated rings. The third-order valence-electron chi connectivity index (χ3n) is 3.81. The number of nitrogens with zero attached hydrogens (tertiary/aromatic N) is 2. The predicted octanol–water partition coefficient (Wildman–Crippen LogP) is 4.23. The highest BCUT2D eigenvalue weighted by Gasteiger charge is 2.13. The van der Waals surface area contributed by atoms with E-state index in [-0.39, 0.29) is 11.4 Å². The fraction of sp³-hybridized carbons (Fsp3) is 0.100. The van der Waals surface area contributed by atoms with E-state index in [1.54, 1.807) is 26.4 Å². The first-order valence-electron chi connectivity index (χ1n) is 7.95. The maximum atomic E-state index is 14.0. The first-order valence-corrected chi connectivity index (χ1v) is 7.95. The van der Waals surface area contributed by atoms with E-state index in [9.17, 15) is 13.6 Å². The van der Waals surface area contributed by atoms with Crippen molar-refractivity contribution in [3.63, 3.8) is 0 Å². The van der Waals surface area contributed by atoms with Crippen LogP contribution in [0.4, 0.5) is 20.2 Å². The summed E-state index contributed by atoms with van der Waals surface area (Å²) in [7, 11) is 3.08. The fourth-order valence-electron chi connectivity index (χ4n) is 2.68. The molecule has 4 nitrogen and oxygen atoms in total. The van der Waals surface area contributed by atoms with Crippen LogP contribution in [-0.4, -0.2) is 25.0 Å². The van der Waals surface area contributed by atoms with Crippen molar-refractivity contribution in [2.75, 3.05) is 24.3 Å². The second-order valence-electron chi connectivity index (χ2n) is 5.93. The van der Waals surface area contributed by atoms with Gasteiger partial charge in [-0.25, -0.2) is 8.78 Å². The zero-order valence-electron chi connectivity index (χ0n) is 14.3. The lowest BCUT2D eigenvalue weighted by molar-refractivity contribution is -0.111. The van der Waals surface area contributed by atoms with Gasteiger partial charge in [-0.1, -0.05) is 24.3 Å². The number of halogens is 2. The lowest BCUT2D eigenvalue weighted by Crippen LogP contribution is -2.14. The predicted molar refractivity (Wildman–Crippen MR) is 100 cm³/mol. The molecule has 26 heavy (non-hydrogen) atoms. The van der Waals surface area contributed by atoms with Gasteiger partial charge in [-0.05, 0) is 24.3 Å². The molecule has 1 N–H and O–H groups in total. The lowest BCUT2D eigenvalue weighted by Gasteiger charge is -2.15. The number of hydrogen-bond acceptors (Lipinski definition) is 3. The van der Waals surface area contributed by atoms with E-state index in [2.05, 4.69) is 10.3 Å². The number of carbonyl (C=O) groups excluding carboxylic acids is 1. The van der Waals surface area contributed by atoms with E-state index < -0.39 is 17.5 Å². The second kappa shape index (κ2) is 7.31. The maximum Gasteiger partial charge on any atom is 0.248 e. The monoisotopic (exact) mass is 353 g/mol. The molecule has 0 aliphatic carbocycles. The Morgan fingerprint density at radius 2 is 1.81 bits per heavy atom. The Morgan fingerprint density at radius 3 is 2.50 bits per heavy atom. The summed E-state index contributed by atoms with van der Waals surface area (Å²) in [6.07, 6.45) is 4.60. The Balaban J connectivity index is 1.80. The SMILES string of the molecule is CN(C)c1c(F)cc(NC(=O)/C=C/c2cccc3cccnc23)cc1F. The molecule has 2 aromatic carbocycles. The number of rotatable bonds is 4. The third-order valence-corrected chi connectivity index (χ3v) is 3.81. The van der Waals surface area contributed by atoms with Gasteiger partial charge in [0.05, 0.1) is 5.52 Å². The molecule has 0 saturated heterocycles. The summed E-state index contributed by atoms with van der Waals surface area (Å²) in [6, 6.07) is 11.6. The summed E-state index contributed by atoms with van der Waals surface area (Å²) >= 11 is 0. The minimum Gasteiger partial charge on any atom is -0.373 e. The molecule has 0 bridgehead atoms. The number of pyridine rings is 1. The van der Waals surface area contributed by atoms with Crippen molar-refractivity contribution < 1.29 is 13.6 Å². The number of aromatic nitrogens is 1. The van der Waals surface area contributed by atoms with Crippen LogP contribution < -0.4 is 10.2 Å². The van der Waals surface area contributed by atoms with Gasteiger partial charge in [0.2, 0.25) is 5.91 Å². The second-order valence-corrected chi connectivity index (χ2v) is 5.93. The Morgan fingerprint density at radius 1 is 1.12 bits per heavy atom. The summed E-state index contributed by atoms with van der Waals surface area (Å²) in [6.45, 7) is 0. The van der Waals surface area contributed by atoms with Gasteiger partial charge in [-0.3, -0.25) is 9.78 Å². The first kappa shape index (κ1) is 17.5. The van der Waals surface area contributed by atoms with Crippen molar-refractivity contribution in [1.29, 1.82) is 0 Å². The summed E-state index contributed by atoms with van der Waals surface area (Å²) in [5, 5.41) is 3.42. The Kier molecular flexibility index (Phi) is 4.93. The average molecular weight is 353 g/mol. The topological polar surface area (TPSA) is 45.2 Å². The van der Waals surface area contributed by atoms with Crippen LogP contribution in [0.15, 0.2) is 54.7 Å². The molecule has 3 aromatic rings. The zero-order chi connectivity index (χ0) is 18.7. The van der Waals surface area contributed by atoms with Crippen LogP contribution in [0.25, 0.3) is 17.0 Å². The van der Waals surface area contributed by atoms with Crippen LogP contribution in [-0.2, 0) is 4.79 Å². The molecule has 0 spiro atoms. The van der Waals surface area contributed by atoms with Crippen molar-refractivity contribution in [2.45, 2.75) is 0 Å². The fourth-order valence-corrected chi connectivity index (χ4v) is 2.68. The number of hydrogen-bond donors (Lipinski definition) is 1. The van der Waals surface area contributed by atoms with Crippen molar-refractivity contribution >= 4 is 34.3 Å². The number of carbonyl (C=O) groups is 1. The van der Waals surface area contributed by atoms with Gasteiger partial charge in [0, 0.05) is 43.0 Å². The number of amides is 1. The lowest BCUT2D eigenvalue weighted by atomic mass is 10.1. The quantitative estimate of drug-likeness (QED) is 0.714. The largest absolute Gasteiger partial charge is 0.373 e. The highest BCUT2D eigenvalue weighted by molar-refractivity contribution is 6.03. The van der Waals surface area contributed by atoms with Gasteiger partial charge in [-0.2, -0.15) is 0 Å². The minimum absolute atomic E-state index is 0.0521. The molecule has 0 aliphatic rings. The Labute approximate surface area is 149 Å². The smallest absolute Gasteiger partial charge is 0.248 e. The normalized spacial score (nSPS) is 11.1. The number of benzene rings is 2. The molecule has 1 aromatic heterocycles. The molecule has 6 heteroatoms. The molecule has 0 unspecified atom stereocenters. The summed E-state index contributed by atoms with van der Waals surface area (Å²) in [4.78, 5) is 17.7. The Bertz CT molecular complexity index is 971. The van der Waals surface area contributed by atoms with Crippen LogP contribution in [0.1, 0.15) is 5.56 Å². The van der Waals surface area contributed by atoms with Crippen LogP contribution in [0, 0.1) is 11.6 Å². The van der Waals surface area contributed by atoms with E-state index in [0.29, 0.717) is 0 Å². The van der Waals surface area contributed by atoms with E-state index in [1.165, 1.54) is 11.0 Å². The van der Waals surface area contributed by atoms with E-state index in [1.807, 2.05) is 30.3 Å². The molecule has 0 aliphatic heterocycles. The molecule has 1 heterocycles. The van der Waals surface area contributed by atoms with E-state index >= 15 is 0 Å². The minimum atomic E-state index is -0.743. The summed E-state index contributed by atoms with van der Waals surface area (Å²) in [5.74, 6) is -1.98. The number of anilines is 2. The summed E-state index contributed by atoms with van der Waals surface area (Å²) in [5.41, 5.74) is 1.45. The first-order chi connectivity index (χ1) is 12.5. The summed E-state index contributed by atoms with van der Waals surface area (Å²) < 4.78 is 28.0. The number of para-hydroxylation sites is 1. The van der Waals surface area contributed by atoms with Gasteiger partial charge in [-0.15, -0.1) is 0 Å². The molecule has 132 valence electrons. The zero-order valence-corrected chi connectivity index (χ0v) is 14.3. The van der Waals surface area contributed by atoms with Gasteiger partial charge in [0.25, 0.3) is 0 Å². The highest BCUT2D eigenvalue weighted by Crippen LogP contribution is 2.25. The van der Waals surface area contributed by atoms with Crippen LogP contribution >= 0.6 is 0 Å². The van der Waals surface area contributed by atoms with Crippen LogP contribution in [0.3, 0.4) is 0 Å². The number of fused-ring (bicyclic) bond motifs is 1. The average Bonchev–Trinajstić information content (AvgIpc) is 2.59. The van der Waals surface area contributed by atoms with Crippen molar-refractivity contribution in [2.24, 2.45) is 0 Å². The van der Waals surface area contributed by atoms with Crippen molar-refractivity contribution in [3.05, 3.63) is 71.9 Å². The van der Waals surface area contributed by atoms with Crippen molar-refractivity contribution in [3.8, 4) is 0 Å². The van der Waals surface area contributed by atoms with E-state index in [0.717, 1.165) is 28.6 Å². The third kappa shape index (κ3) is 3.69. The van der Waals surface area contributed by atoms with Gasteiger partial charge >= 0.3 is 0 Å². The number of nitrogens with one attached hydrogen (secondary N) is 1. The highest BCUT2D eigenvalue weighted by atomic mass is 19.1. The van der Waals surface area contributed by atoms with Gasteiger partial charge in [0.1, 0.15) is 5.69 Å². The molecule has 0 radical (unpaired) electrons. The molecule has 1 amide bonds. The standard InChI is InChI=1S/C20H17F2N3O/c1-25(2)20-16(21)11-15(12-17(20)22)24-18(26)9-8-14-6-3-5-13-7-4-10-23-19(13)14/h3-12H,1-2H3,(H,24,26)/b9-8+. The van der Waals surface area contributed by atoms with Crippen LogP contribution in [0.5, 0.6) is 0 Å². The molecule has 0 saturated carbocycles. The van der Waals surface area contributed by atoms with Gasteiger partial charge in [0.15, 0.2) is 11.6 Å². The molecule has 3 rings (SSSR count). The van der Waals surface area contributed by atoms with Crippen molar-refractivity contribution in [1.82, 2.24) is 4.98 Å². The Hall–Kier alpha value is -3.28.